The smallest absolute Gasteiger partial charge is 0.276 e. The lowest BCUT2D eigenvalue weighted by Crippen LogP contribution is -2.45. The van der Waals surface area contributed by atoms with Gasteiger partial charge in [-0.05, 0) is 93.6 Å². The molecule has 0 aromatic heterocycles. The minimum absolute atomic E-state index is 0.0139. The summed E-state index contributed by atoms with van der Waals surface area (Å²) >= 11 is 0. The SMILES string of the molecule is C/C(=C(/CCOc1ccccc1)OC1CCCCO1)[C@H]1[C@H](CCC#CCS(=O)(=O)O)[C@H](O[Si](C)(C)C(C)(C)C)C[C@H]1OC1CCCCO1. The second-order valence-corrected chi connectivity index (χ2v) is 21.1. The Morgan fingerprint density at radius 2 is 1.65 bits per heavy atom. The Labute approximate surface area is 290 Å². The van der Waals surface area contributed by atoms with Gasteiger partial charge < -0.3 is 28.1 Å². The van der Waals surface area contributed by atoms with Crippen molar-refractivity contribution >= 4 is 18.4 Å². The molecule has 4 rings (SSSR count). The van der Waals surface area contributed by atoms with Crippen LogP contribution in [0.5, 0.6) is 5.75 Å². The number of hydrogen-bond acceptors (Lipinski definition) is 8. The summed E-state index contributed by atoms with van der Waals surface area (Å²) in [6, 6.07) is 9.80. The van der Waals surface area contributed by atoms with Gasteiger partial charge in [-0.3, -0.25) is 4.55 Å². The van der Waals surface area contributed by atoms with Crippen LogP contribution in [0, 0.1) is 23.7 Å². The van der Waals surface area contributed by atoms with Gasteiger partial charge in [-0.1, -0.05) is 44.9 Å². The lowest BCUT2D eigenvalue weighted by molar-refractivity contribution is -0.194. The van der Waals surface area contributed by atoms with Crippen LogP contribution in [-0.2, 0) is 33.5 Å². The Balaban J connectivity index is 1.70. The normalized spacial score (nSPS) is 27.5. The summed E-state index contributed by atoms with van der Waals surface area (Å²) in [6.07, 6.45) is 7.47. The van der Waals surface area contributed by atoms with Crippen LogP contribution in [-0.4, -0.2) is 71.6 Å². The first kappa shape index (κ1) is 38.9. The third kappa shape index (κ3) is 11.9. The van der Waals surface area contributed by atoms with Gasteiger partial charge in [0.25, 0.3) is 10.1 Å². The highest BCUT2D eigenvalue weighted by atomic mass is 32.2. The fraction of sp³-hybridized carbons (Fsp3) is 0.730. The third-order valence-electron chi connectivity index (χ3n) is 10.2. The molecule has 3 fully saturated rings. The van der Waals surface area contributed by atoms with Crippen molar-refractivity contribution in [2.75, 3.05) is 25.6 Å². The molecule has 1 saturated carbocycles. The predicted octanol–water partition coefficient (Wildman–Crippen LogP) is 7.88. The van der Waals surface area contributed by atoms with Crippen LogP contribution >= 0.6 is 0 Å². The molecule has 2 saturated heterocycles. The van der Waals surface area contributed by atoms with Crippen molar-refractivity contribution in [3.63, 3.8) is 0 Å². The Morgan fingerprint density at radius 1 is 0.979 bits per heavy atom. The van der Waals surface area contributed by atoms with E-state index in [9.17, 15) is 13.0 Å². The van der Waals surface area contributed by atoms with Gasteiger partial charge in [0.15, 0.2) is 20.9 Å². The second-order valence-electron chi connectivity index (χ2n) is 14.9. The van der Waals surface area contributed by atoms with E-state index in [1.807, 2.05) is 30.3 Å². The van der Waals surface area contributed by atoms with Crippen LogP contribution in [0.4, 0.5) is 0 Å². The van der Waals surface area contributed by atoms with Crippen LogP contribution in [0.25, 0.3) is 0 Å². The molecular weight excluding hydrogens is 649 g/mol. The van der Waals surface area contributed by atoms with Crippen LogP contribution in [0.2, 0.25) is 18.1 Å². The highest BCUT2D eigenvalue weighted by Gasteiger charge is 2.50. The van der Waals surface area contributed by atoms with Crippen molar-refractivity contribution in [1.82, 2.24) is 0 Å². The van der Waals surface area contributed by atoms with E-state index in [0.717, 1.165) is 55.6 Å². The Bertz CT molecular complexity index is 1330. The fourth-order valence-electron chi connectivity index (χ4n) is 6.61. The van der Waals surface area contributed by atoms with E-state index in [1.54, 1.807) is 0 Å². The van der Waals surface area contributed by atoms with Crippen molar-refractivity contribution in [2.45, 2.75) is 135 Å². The second kappa shape index (κ2) is 17.8. The number of para-hydroxylation sites is 1. The van der Waals surface area contributed by atoms with E-state index in [0.29, 0.717) is 45.5 Å². The fourth-order valence-corrected chi connectivity index (χ4v) is 8.28. The zero-order valence-electron chi connectivity index (χ0n) is 29.9. The van der Waals surface area contributed by atoms with E-state index in [1.165, 1.54) is 0 Å². The molecule has 2 aliphatic heterocycles. The summed E-state index contributed by atoms with van der Waals surface area (Å²) in [5, 5.41) is 0.0139. The van der Waals surface area contributed by atoms with Crippen molar-refractivity contribution < 1.29 is 41.1 Å². The molecule has 1 aromatic rings. The van der Waals surface area contributed by atoms with Crippen molar-refractivity contribution in [2.24, 2.45) is 11.8 Å². The minimum Gasteiger partial charge on any atom is -0.493 e. The molecule has 270 valence electrons. The lowest BCUT2D eigenvalue weighted by Gasteiger charge is -2.40. The Kier molecular flexibility index (Phi) is 14.5. The summed E-state index contributed by atoms with van der Waals surface area (Å²) in [7, 11) is -6.33. The molecule has 9 nitrogen and oxygen atoms in total. The van der Waals surface area contributed by atoms with Gasteiger partial charge in [-0.2, -0.15) is 8.42 Å². The number of rotatable bonds is 14. The van der Waals surface area contributed by atoms with E-state index in [2.05, 4.69) is 52.6 Å². The first-order valence-corrected chi connectivity index (χ1v) is 22.3. The highest BCUT2D eigenvalue weighted by molar-refractivity contribution is 7.86. The molecule has 48 heavy (non-hydrogen) atoms. The average molecular weight is 707 g/mol. The van der Waals surface area contributed by atoms with Gasteiger partial charge in [0.05, 0.1) is 25.4 Å². The van der Waals surface area contributed by atoms with E-state index < -0.39 is 24.2 Å². The van der Waals surface area contributed by atoms with Crippen LogP contribution in [0.15, 0.2) is 41.7 Å². The number of hydrogen-bond donors (Lipinski definition) is 1. The van der Waals surface area contributed by atoms with Gasteiger partial charge in [-0.25, -0.2) is 0 Å². The summed E-state index contributed by atoms with van der Waals surface area (Å²) in [5.74, 6) is 6.71. The molecule has 6 atom stereocenters. The molecule has 1 N–H and O–H groups in total. The molecule has 0 radical (unpaired) electrons. The number of ether oxygens (including phenoxy) is 5. The summed E-state index contributed by atoms with van der Waals surface area (Å²) in [4.78, 5) is 0. The molecule has 0 bridgehead atoms. The maximum atomic E-state index is 11.3. The topological polar surface area (TPSA) is 110 Å². The van der Waals surface area contributed by atoms with E-state index in [4.69, 9.17) is 28.1 Å². The zero-order valence-corrected chi connectivity index (χ0v) is 31.7. The molecule has 2 unspecified atom stereocenters. The standard InChI is InChI=1S/C37H58O9SSi/c1-28(31(44-34-20-12-14-23-42-34)22-25-41-29-17-9-7-10-18-29)36-30(19-11-8-16-26-47(38,39)40)32(46-48(5,6)37(2,3)4)27-33(36)45-35-21-13-15-24-43-35/h7,9-10,17-18,30,32-36H,11-15,19-27H2,1-6H3,(H,38,39,40)/b31-28+/t30-,32-,33-,34?,35?,36+/m1/s1. The quantitative estimate of drug-likeness (QED) is 0.0894. The average Bonchev–Trinajstić information content (AvgIpc) is 3.35. The molecule has 2 heterocycles. The lowest BCUT2D eigenvalue weighted by atomic mass is 9.83. The van der Waals surface area contributed by atoms with E-state index >= 15 is 0 Å². The summed E-state index contributed by atoms with van der Waals surface area (Å²) < 4.78 is 70.8. The van der Waals surface area contributed by atoms with Crippen molar-refractivity contribution in [3.05, 3.63) is 41.7 Å². The molecule has 1 aliphatic carbocycles. The largest absolute Gasteiger partial charge is 0.493 e. The van der Waals surface area contributed by atoms with Gasteiger partial charge >= 0.3 is 0 Å². The third-order valence-corrected chi connectivity index (χ3v) is 15.2. The first-order chi connectivity index (χ1) is 22.7. The van der Waals surface area contributed by atoms with E-state index in [-0.39, 0.29) is 41.7 Å². The van der Waals surface area contributed by atoms with Crippen molar-refractivity contribution in [1.29, 1.82) is 0 Å². The van der Waals surface area contributed by atoms with Crippen LogP contribution in [0.3, 0.4) is 0 Å². The molecule has 3 aliphatic rings. The molecule has 0 amide bonds. The number of benzene rings is 1. The maximum absolute atomic E-state index is 11.3. The molecule has 11 heteroatoms. The Hall–Kier alpha value is -1.91. The van der Waals surface area contributed by atoms with Crippen LogP contribution < -0.4 is 4.74 Å². The minimum atomic E-state index is -4.15. The summed E-state index contributed by atoms with van der Waals surface area (Å²) in [6.45, 7) is 15.3. The van der Waals surface area contributed by atoms with Gasteiger partial charge in [0.2, 0.25) is 0 Å². The molecule has 0 spiro atoms. The summed E-state index contributed by atoms with van der Waals surface area (Å²) in [5.41, 5.74) is 1.10. The zero-order chi connectivity index (χ0) is 34.8. The maximum Gasteiger partial charge on any atom is 0.276 e. The molecular formula is C37H58O9SSi. The van der Waals surface area contributed by atoms with Gasteiger partial charge in [-0.15, -0.1) is 5.92 Å². The highest BCUT2D eigenvalue weighted by Crippen LogP contribution is 2.48. The van der Waals surface area contributed by atoms with Crippen molar-refractivity contribution in [3.8, 4) is 17.6 Å². The monoisotopic (exact) mass is 706 g/mol. The molecule has 1 aromatic carbocycles. The van der Waals surface area contributed by atoms with Gasteiger partial charge in [0, 0.05) is 31.8 Å². The first-order valence-electron chi connectivity index (χ1n) is 17.7. The van der Waals surface area contributed by atoms with Gasteiger partial charge in [0.1, 0.15) is 17.3 Å². The Morgan fingerprint density at radius 3 is 2.25 bits per heavy atom. The van der Waals surface area contributed by atoms with Crippen LogP contribution in [0.1, 0.15) is 91.9 Å². The predicted molar refractivity (Wildman–Crippen MR) is 189 cm³/mol.